The minimum Gasteiger partial charge on any atom is -0.425 e. The SMILES string of the molecule is CCCCCCSCCC(=O)OC(C)OC(=O)CCSCCCCCC. The predicted octanol–water partition coefficient (Wildman–Crippen LogP) is 5.83. The summed E-state index contributed by atoms with van der Waals surface area (Å²) in [5, 5.41) is 0. The topological polar surface area (TPSA) is 52.6 Å². The van der Waals surface area contributed by atoms with Gasteiger partial charge in [0.15, 0.2) is 0 Å². The van der Waals surface area contributed by atoms with E-state index in [1.54, 1.807) is 30.4 Å². The van der Waals surface area contributed by atoms with Crippen LogP contribution < -0.4 is 0 Å². The van der Waals surface area contributed by atoms with Crippen molar-refractivity contribution in [1.29, 1.82) is 0 Å². The Morgan fingerprint density at radius 3 is 1.50 bits per heavy atom. The molecule has 0 fully saturated rings. The van der Waals surface area contributed by atoms with Crippen LogP contribution in [0.5, 0.6) is 0 Å². The van der Waals surface area contributed by atoms with Crippen molar-refractivity contribution < 1.29 is 19.1 Å². The minimum atomic E-state index is -0.792. The molecule has 0 aromatic rings. The third-order valence-corrected chi connectivity index (χ3v) is 5.92. The van der Waals surface area contributed by atoms with Crippen LogP contribution in [0.4, 0.5) is 0 Å². The Labute approximate surface area is 168 Å². The molecule has 0 aromatic carbocycles. The predicted molar refractivity (Wildman–Crippen MR) is 114 cm³/mol. The van der Waals surface area contributed by atoms with Gasteiger partial charge in [0, 0.05) is 18.4 Å². The molecule has 6 heteroatoms. The van der Waals surface area contributed by atoms with E-state index in [2.05, 4.69) is 13.8 Å². The lowest BCUT2D eigenvalue weighted by molar-refractivity contribution is -0.183. The van der Waals surface area contributed by atoms with E-state index in [4.69, 9.17) is 9.47 Å². The highest BCUT2D eigenvalue weighted by atomic mass is 32.2. The average Bonchev–Trinajstić information content (AvgIpc) is 2.60. The van der Waals surface area contributed by atoms with E-state index in [0.29, 0.717) is 12.8 Å². The highest BCUT2D eigenvalue weighted by Gasteiger charge is 2.13. The summed E-state index contributed by atoms with van der Waals surface area (Å²) in [6.07, 6.45) is 9.93. The number of thioether (sulfide) groups is 2. The van der Waals surface area contributed by atoms with Crippen molar-refractivity contribution in [3.63, 3.8) is 0 Å². The Kier molecular flexibility index (Phi) is 19.1. The largest absolute Gasteiger partial charge is 0.425 e. The number of hydrogen-bond acceptors (Lipinski definition) is 6. The van der Waals surface area contributed by atoms with Crippen LogP contribution in [-0.2, 0) is 19.1 Å². The van der Waals surface area contributed by atoms with Gasteiger partial charge in [0.05, 0.1) is 12.8 Å². The van der Waals surface area contributed by atoms with Crippen LogP contribution in [0.1, 0.15) is 85.0 Å². The third-order valence-electron chi connectivity index (χ3n) is 3.78. The smallest absolute Gasteiger partial charge is 0.309 e. The Morgan fingerprint density at radius 2 is 1.12 bits per heavy atom. The second-order valence-electron chi connectivity index (χ2n) is 6.39. The molecule has 154 valence electrons. The molecule has 4 nitrogen and oxygen atoms in total. The summed E-state index contributed by atoms with van der Waals surface area (Å²) in [6, 6.07) is 0. The number of unbranched alkanes of at least 4 members (excludes halogenated alkanes) is 6. The highest BCUT2D eigenvalue weighted by Crippen LogP contribution is 2.11. The van der Waals surface area contributed by atoms with Gasteiger partial charge in [-0.2, -0.15) is 23.5 Å². The van der Waals surface area contributed by atoms with E-state index in [1.165, 1.54) is 51.4 Å². The molecule has 0 aliphatic carbocycles. The zero-order chi connectivity index (χ0) is 19.5. The quantitative estimate of drug-likeness (QED) is 0.162. The van der Waals surface area contributed by atoms with E-state index in [-0.39, 0.29) is 11.9 Å². The first-order valence-corrected chi connectivity index (χ1v) is 12.5. The van der Waals surface area contributed by atoms with Crippen LogP contribution in [-0.4, -0.2) is 41.2 Å². The fourth-order valence-corrected chi connectivity index (χ4v) is 4.14. The molecule has 0 heterocycles. The molecule has 0 N–H and O–H groups in total. The second kappa shape index (κ2) is 19.4. The van der Waals surface area contributed by atoms with E-state index >= 15 is 0 Å². The summed E-state index contributed by atoms with van der Waals surface area (Å²) in [7, 11) is 0. The molecule has 0 aromatic heterocycles. The summed E-state index contributed by atoms with van der Waals surface area (Å²) in [5.74, 6) is 3.12. The van der Waals surface area contributed by atoms with Gasteiger partial charge in [-0.3, -0.25) is 9.59 Å². The van der Waals surface area contributed by atoms with Crippen molar-refractivity contribution >= 4 is 35.5 Å². The van der Waals surface area contributed by atoms with Crippen LogP contribution in [0.25, 0.3) is 0 Å². The lowest BCUT2D eigenvalue weighted by Gasteiger charge is -2.14. The number of hydrogen-bond donors (Lipinski definition) is 0. The summed E-state index contributed by atoms with van der Waals surface area (Å²) in [6.45, 7) is 6.00. The average molecular weight is 407 g/mol. The molecule has 0 aliphatic rings. The maximum absolute atomic E-state index is 11.7. The van der Waals surface area contributed by atoms with E-state index in [1.807, 2.05) is 0 Å². The number of esters is 2. The monoisotopic (exact) mass is 406 g/mol. The molecule has 0 rings (SSSR count). The van der Waals surface area contributed by atoms with Crippen molar-refractivity contribution in [3.8, 4) is 0 Å². The Balaban J connectivity index is 3.53. The molecular formula is C20H38O4S2. The first-order valence-electron chi connectivity index (χ1n) is 10.1. The summed E-state index contributed by atoms with van der Waals surface area (Å²) in [5.41, 5.74) is 0. The van der Waals surface area contributed by atoms with Crippen LogP contribution in [0, 0.1) is 0 Å². The van der Waals surface area contributed by atoms with Gasteiger partial charge in [0.25, 0.3) is 0 Å². The molecule has 0 bridgehead atoms. The van der Waals surface area contributed by atoms with Crippen molar-refractivity contribution in [3.05, 3.63) is 0 Å². The molecule has 0 atom stereocenters. The molecule has 0 saturated heterocycles. The minimum absolute atomic E-state index is 0.295. The van der Waals surface area contributed by atoms with Crippen molar-refractivity contribution in [2.24, 2.45) is 0 Å². The van der Waals surface area contributed by atoms with Crippen molar-refractivity contribution in [1.82, 2.24) is 0 Å². The normalized spacial score (nSPS) is 10.9. The van der Waals surface area contributed by atoms with Gasteiger partial charge in [-0.05, 0) is 24.3 Å². The van der Waals surface area contributed by atoms with Crippen molar-refractivity contribution in [2.45, 2.75) is 91.3 Å². The second-order valence-corrected chi connectivity index (χ2v) is 8.84. The van der Waals surface area contributed by atoms with E-state index < -0.39 is 6.29 Å². The van der Waals surface area contributed by atoms with Crippen LogP contribution >= 0.6 is 23.5 Å². The summed E-state index contributed by atoms with van der Waals surface area (Å²) in [4.78, 5) is 23.4. The Hall–Kier alpha value is -0.360. The van der Waals surface area contributed by atoms with Crippen LogP contribution in [0.15, 0.2) is 0 Å². The van der Waals surface area contributed by atoms with Gasteiger partial charge in [-0.1, -0.05) is 52.4 Å². The molecular weight excluding hydrogens is 368 g/mol. The number of rotatable bonds is 18. The third kappa shape index (κ3) is 18.4. The first kappa shape index (κ1) is 25.6. The van der Waals surface area contributed by atoms with Gasteiger partial charge in [-0.15, -0.1) is 0 Å². The number of carbonyl (C=O) groups excluding carboxylic acids is 2. The van der Waals surface area contributed by atoms with Gasteiger partial charge in [0.2, 0.25) is 6.29 Å². The fourth-order valence-electron chi connectivity index (χ4n) is 2.29. The molecule has 0 aliphatic heterocycles. The number of ether oxygens (including phenoxy) is 2. The van der Waals surface area contributed by atoms with Crippen LogP contribution in [0.3, 0.4) is 0 Å². The Bertz CT molecular complexity index is 319. The zero-order valence-electron chi connectivity index (χ0n) is 16.9. The van der Waals surface area contributed by atoms with Crippen LogP contribution in [0.2, 0.25) is 0 Å². The van der Waals surface area contributed by atoms with E-state index in [0.717, 1.165) is 23.0 Å². The maximum atomic E-state index is 11.7. The fraction of sp³-hybridized carbons (Fsp3) is 0.900. The lowest BCUT2D eigenvalue weighted by Crippen LogP contribution is -2.22. The standard InChI is InChI=1S/C20H38O4S2/c1-4-6-8-10-14-25-16-12-19(21)23-18(3)24-20(22)13-17-26-15-11-9-7-5-2/h18H,4-17H2,1-3H3. The zero-order valence-corrected chi connectivity index (χ0v) is 18.6. The van der Waals surface area contributed by atoms with E-state index in [9.17, 15) is 9.59 Å². The maximum Gasteiger partial charge on any atom is 0.309 e. The van der Waals surface area contributed by atoms with Crippen molar-refractivity contribution in [2.75, 3.05) is 23.0 Å². The molecule has 0 amide bonds. The van der Waals surface area contributed by atoms with Gasteiger partial charge >= 0.3 is 11.9 Å². The molecule has 0 saturated carbocycles. The molecule has 0 spiro atoms. The van der Waals surface area contributed by atoms with Gasteiger partial charge in [-0.25, -0.2) is 0 Å². The lowest BCUT2D eigenvalue weighted by atomic mass is 10.2. The Morgan fingerprint density at radius 1 is 0.692 bits per heavy atom. The molecule has 0 unspecified atom stereocenters. The van der Waals surface area contributed by atoms with Gasteiger partial charge in [0.1, 0.15) is 0 Å². The highest BCUT2D eigenvalue weighted by molar-refractivity contribution is 7.99. The molecule has 0 radical (unpaired) electrons. The summed E-state index contributed by atoms with van der Waals surface area (Å²) < 4.78 is 10.3. The molecule has 26 heavy (non-hydrogen) atoms. The first-order chi connectivity index (χ1) is 12.6. The van der Waals surface area contributed by atoms with Gasteiger partial charge < -0.3 is 9.47 Å². The summed E-state index contributed by atoms with van der Waals surface area (Å²) >= 11 is 3.56. The number of carbonyl (C=O) groups is 2.